The van der Waals surface area contributed by atoms with Crippen LogP contribution in [0.4, 0.5) is 4.39 Å². The van der Waals surface area contributed by atoms with Gasteiger partial charge in [0.25, 0.3) is 0 Å². The molecule has 1 aromatic carbocycles. The van der Waals surface area contributed by atoms with Crippen LogP contribution in [0.1, 0.15) is 31.7 Å². The minimum atomic E-state index is -0.231. The number of piperidine rings is 1. The van der Waals surface area contributed by atoms with Gasteiger partial charge in [-0.2, -0.15) is 0 Å². The van der Waals surface area contributed by atoms with Gasteiger partial charge in [-0.15, -0.1) is 0 Å². The second-order valence-electron chi connectivity index (χ2n) is 6.99. The van der Waals surface area contributed by atoms with Crippen LogP contribution in [0.15, 0.2) is 24.3 Å². The van der Waals surface area contributed by atoms with Crippen LogP contribution in [-0.2, 0) is 11.2 Å². The van der Waals surface area contributed by atoms with Crippen molar-refractivity contribution in [3.8, 4) is 0 Å². The molecule has 2 fully saturated rings. The van der Waals surface area contributed by atoms with Gasteiger partial charge in [0.15, 0.2) is 0 Å². The van der Waals surface area contributed by atoms with Gasteiger partial charge in [-0.05, 0) is 55.3 Å². The molecule has 0 saturated carbocycles. The van der Waals surface area contributed by atoms with Crippen molar-refractivity contribution >= 4 is 5.91 Å². The average molecular weight is 304 g/mol. The van der Waals surface area contributed by atoms with Gasteiger partial charge in [0.05, 0.1) is 0 Å². The first-order valence-corrected chi connectivity index (χ1v) is 8.32. The molecule has 4 heteroatoms. The van der Waals surface area contributed by atoms with E-state index in [2.05, 4.69) is 5.32 Å². The lowest BCUT2D eigenvalue weighted by atomic mass is 9.77. The monoisotopic (exact) mass is 304 g/mol. The summed E-state index contributed by atoms with van der Waals surface area (Å²) in [5.74, 6) is -0.103. The summed E-state index contributed by atoms with van der Waals surface area (Å²) in [6.07, 6.45) is 4.07. The molecule has 2 saturated heterocycles. The molecule has 1 amide bonds. The summed E-state index contributed by atoms with van der Waals surface area (Å²) < 4.78 is 13.2. The predicted molar refractivity (Wildman–Crippen MR) is 85.0 cm³/mol. The van der Waals surface area contributed by atoms with Gasteiger partial charge in [-0.1, -0.05) is 19.1 Å². The fourth-order valence-electron chi connectivity index (χ4n) is 3.84. The fraction of sp³-hybridized carbons (Fsp3) is 0.611. The highest BCUT2D eigenvalue weighted by Gasteiger charge is 2.38. The Morgan fingerprint density at radius 3 is 2.77 bits per heavy atom. The zero-order valence-electron chi connectivity index (χ0n) is 13.3. The Bertz CT molecular complexity index is 530. The molecule has 1 spiro atoms. The van der Waals surface area contributed by atoms with Crippen LogP contribution < -0.4 is 5.32 Å². The average Bonchev–Trinajstić information content (AvgIpc) is 2.95. The molecule has 3 nitrogen and oxygen atoms in total. The lowest BCUT2D eigenvalue weighted by Crippen LogP contribution is -2.46. The molecule has 2 aliphatic heterocycles. The molecule has 0 aliphatic carbocycles. The third kappa shape index (κ3) is 3.32. The molecule has 1 N–H and O–H groups in total. The highest BCUT2D eigenvalue weighted by Crippen LogP contribution is 2.37. The number of rotatable bonds is 3. The van der Waals surface area contributed by atoms with Gasteiger partial charge in [0.1, 0.15) is 5.82 Å². The van der Waals surface area contributed by atoms with Gasteiger partial charge >= 0.3 is 0 Å². The molecular formula is C18H25FN2O. The van der Waals surface area contributed by atoms with Crippen LogP contribution >= 0.6 is 0 Å². The van der Waals surface area contributed by atoms with E-state index >= 15 is 0 Å². The maximum absolute atomic E-state index is 13.2. The summed E-state index contributed by atoms with van der Waals surface area (Å²) in [5.41, 5.74) is 1.33. The number of carbonyl (C=O) groups is 1. The first-order valence-electron chi connectivity index (χ1n) is 8.32. The second kappa shape index (κ2) is 6.37. The molecule has 1 atom stereocenters. The van der Waals surface area contributed by atoms with Gasteiger partial charge < -0.3 is 10.2 Å². The summed E-state index contributed by atoms with van der Waals surface area (Å²) >= 11 is 0. The van der Waals surface area contributed by atoms with Crippen molar-refractivity contribution in [2.24, 2.45) is 11.3 Å². The number of likely N-dealkylation sites (tertiary alicyclic amines) is 1. The first-order chi connectivity index (χ1) is 10.6. The van der Waals surface area contributed by atoms with Gasteiger partial charge in [-0.25, -0.2) is 4.39 Å². The molecule has 1 unspecified atom stereocenters. The maximum atomic E-state index is 13.2. The van der Waals surface area contributed by atoms with Crippen LogP contribution in [0.25, 0.3) is 0 Å². The van der Waals surface area contributed by atoms with Crippen molar-refractivity contribution in [1.82, 2.24) is 10.2 Å². The number of benzene rings is 1. The Labute approximate surface area is 131 Å². The molecular weight excluding hydrogens is 279 g/mol. The molecule has 2 heterocycles. The zero-order valence-corrected chi connectivity index (χ0v) is 13.3. The SMILES string of the molecule is CC(Cc1cccc(F)c1)C(=O)N1CCC2(CCNC2)CC1. The summed E-state index contributed by atoms with van der Waals surface area (Å²) in [5, 5.41) is 3.45. The van der Waals surface area contributed by atoms with Crippen LogP contribution in [0, 0.1) is 17.2 Å². The number of nitrogens with zero attached hydrogens (tertiary/aromatic N) is 1. The summed E-state index contributed by atoms with van der Waals surface area (Å²) in [6, 6.07) is 6.57. The Kier molecular flexibility index (Phi) is 4.48. The number of amides is 1. The molecule has 2 aliphatic rings. The highest BCUT2D eigenvalue weighted by atomic mass is 19.1. The van der Waals surface area contributed by atoms with Crippen molar-refractivity contribution in [1.29, 1.82) is 0 Å². The smallest absolute Gasteiger partial charge is 0.225 e. The van der Waals surface area contributed by atoms with Crippen molar-refractivity contribution in [3.05, 3.63) is 35.6 Å². The maximum Gasteiger partial charge on any atom is 0.225 e. The standard InChI is InChI=1S/C18H25FN2O/c1-14(11-15-3-2-4-16(19)12-15)17(22)21-9-6-18(7-10-21)5-8-20-13-18/h2-4,12,14,20H,5-11,13H2,1H3. The number of carbonyl (C=O) groups excluding carboxylic acids is 1. The Hall–Kier alpha value is -1.42. The second-order valence-corrected chi connectivity index (χ2v) is 6.99. The van der Waals surface area contributed by atoms with E-state index in [9.17, 15) is 9.18 Å². The normalized spacial score (nSPS) is 22.0. The van der Waals surface area contributed by atoms with Crippen molar-refractivity contribution in [2.75, 3.05) is 26.2 Å². The summed E-state index contributed by atoms with van der Waals surface area (Å²) in [6.45, 7) is 5.91. The first kappa shape index (κ1) is 15.5. The van der Waals surface area contributed by atoms with Crippen LogP contribution in [0.3, 0.4) is 0 Å². The van der Waals surface area contributed by atoms with Crippen molar-refractivity contribution in [3.63, 3.8) is 0 Å². The van der Waals surface area contributed by atoms with Crippen LogP contribution in [0.2, 0.25) is 0 Å². The molecule has 0 radical (unpaired) electrons. The molecule has 120 valence electrons. The van der Waals surface area contributed by atoms with Crippen LogP contribution in [-0.4, -0.2) is 37.0 Å². The quantitative estimate of drug-likeness (QED) is 0.931. The van der Waals surface area contributed by atoms with E-state index in [0.717, 1.165) is 44.6 Å². The van der Waals surface area contributed by atoms with Crippen molar-refractivity contribution < 1.29 is 9.18 Å². The lowest BCUT2D eigenvalue weighted by molar-refractivity contribution is -0.137. The lowest BCUT2D eigenvalue weighted by Gasteiger charge is -2.39. The predicted octanol–water partition coefficient (Wildman–Crippen LogP) is 2.61. The third-order valence-electron chi connectivity index (χ3n) is 5.32. The summed E-state index contributed by atoms with van der Waals surface area (Å²) in [4.78, 5) is 14.6. The van der Waals surface area contributed by atoms with E-state index in [1.807, 2.05) is 17.9 Å². The number of hydrogen-bond acceptors (Lipinski definition) is 2. The molecule has 22 heavy (non-hydrogen) atoms. The van der Waals surface area contributed by atoms with Crippen molar-refractivity contribution in [2.45, 2.75) is 32.6 Å². The largest absolute Gasteiger partial charge is 0.342 e. The zero-order chi connectivity index (χ0) is 15.6. The number of nitrogens with one attached hydrogen (secondary N) is 1. The Balaban J connectivity index is 1.55. The van der Waals surface area contributed by atoms with Gasteiger partial charge in [0.2, 0.25) is 5.91 Å². The van der Waals surface area contributed by atoms with Gasteiger partial charge in [-0.3, -0.25) is 4.79 Å². The van der Waals surface area contributed by atoms with E-state index < -0.39 is 0 Å². The number of hydrogen-bond donors (Lipinski definition) is 1. The minimum Gasteiger partial charge on any atom is -0.342 e. The number of halogens is 1. The van der Waals surface area contributed by atoms with E-state index in [1.165, 1.54) is 18.6 Å². The molecule has 3 rings (SSSR count). The molecule has 0 bridgehead atoms. The highest BCUT2D eigenvalue weighted by molar-refractivity contribution is 5.78. The van der Waals surface area contributed by atoms with Gasteiger partial charge in [0, 0.05) is 25.6 Å². The fourth-order valence-corrected chi connectivity index (χ4v) is 3.84. The van der Waals surface area contributed by atoms with E-state index in [-0.39, 0.29) is 17.6 Å². The third-order valence-corrected chi connectivity index (χ3v) is 5.32. The molecule has 1 aromatic rings. The van der Waals surface area contributed by atoms with E-state index in [1.54, 1.807) is 6.07 Å². The Morgan fingerprint density at radius 2 is 2.14 bits per heavy atom. The Morgan fingerprint density at radius 1 is 1.36 bits per heavy atom. The summed E-state index contributed by atoms with van der Waals surface area (Å²) in [7, 11) is 0. The van der Waals surface area contributed by atoms with Crippen LogP contribution in [0.5, 0.6) is 0 Å². The minimum absolute atomic E-state index is 0.0856. The van der Waals surface area contributed by atoms with E-state index in [0.29, 0.717) is 11.8 Å². The van der Waals surface area contributed by atoms with E-state index in [4.69, 9.17) is 0 Å². The topological polar surface area (TPSA) is 32.3 Å². The molecule has 0 aromatic heterocycles.